The highest BCUT2D eigenvalue weighted by Gasteiger charge is 2.18. The first-order chi connectivity index (χ1) is 9.70. The minimum Gasteiger partial charge on any atom is -0.492 e. The number of hydrogen-bond acceptors (Lipinski definition) is 5. The molecule has 20 heavy (non-hydrogen) atoms. The summed E-state index contributed by atoms with van der Waals surface area (Å²) in [6.07, 6.45) is 0. The van der Waals surface area contributed by atoms with Crippen molar-refractivity contribution >= 4 is 5.97 Å². The molecule has 0 spiro atoms. The van der Waals surface area contributed by atoms with Crippen molar-refractivity contribution in [2.75, 3.05) is 39.9 Å². The van der Waals surface area contributed by atoms with Gasteiger partial charge in [-0.2, -0.15) is 0 Å². The Morgan fingerprint density at radius 1 is 1.40 bits per heavy atom. The summed E-state index contributed by atoms with van der Waals surface area (Å²) in [6.45, 7) is 5.83. The number of nitrogens with zero attached hydrogens (tertiary/aromatic N) is 1. The van der Waals surface area contributed by atoms with Gasteiger partial charge in [0.1, 0.15) is 12.4 Å². The maximum Gasteiger partial charge on any atom is 0.338 e. The minimum atomic E-state index is -0.296. The van der Waals surface area contributed by atoms with Crippen molar-refractivity contribution in [2.24, 2.45) is 0 Å². The fourth-order valence-electron chi connectivity index (χ4n) is 2.14. The van der Waals surface area contributed by atoms with Gasteiger partial charge in [0.05, 0.1) is 18.2 Å². The number of rotatable bonds is 5. The number of likely N-dealkylation sites (N-methyl/N-ethyl adjacent to an activating group) is 1. The summed E-state index contributed by atoms with van der Waals surface area (Å²) in [5, 5.41) is 3.36. The molecule has 1 aromatic rings. The van der Waals surface area contributed by atoms with Crippen LogP contribution < -0.4 is 10.1 Å². The summed E-state index contributed by atoms with van der Waals surface area (Å²) in [4.78, 5) is 13.8. The van der Waals surface area contributed by atoms with Crippen molar-refractivity contribution in [2.45, 2.75) is 13.0 Å². The summed E-state index contributed by atoms with van der Waals surface area (Å²) in [6, 6.07) is 7.46. The van der Waals surface area contributed by atoms with Gasteiger partial charge in [0, 0.05) is 19.6 Å². The highest BCUT2D eigenvalue weighted by atomic mass is 16.5. The Hall–Kier alpha value is -1.59. The van der Waals surface area contributed by atoms with E-state index in [0.717, 1.165) is 25.4 Å². The van der Waals surface area contributed by atoms with Gasteiger partial charge in [0.2, 0.25) is 0 Å². The van der Waals surface area contributed by atoms with E-state index in [-0.39, 0.29) is 5.97 Å². The number of benzene rings is 1. The average Bonchev–Trinajstić information content (AvgIpc) is 2.47. The highest BCUT2D eigenvalue weighted by Crippen LogP contribution is 2.14. The van der Waals surface area contributed by atoms with Crippen molar-refractivity contribution in [1.29, 1.82) is 0 Å². The largest absolute Gasteiger partial charge is 0.492 e. The summed E-state index contributed by atoms with van der Waals surface area (Å²) in [5.74, 6) is 0.479. The van der Waals surface area contributed by atoms with Crippen molar-refractivity contribution in [3.8, 4) is 5.75 Å². The molecule has 0 radical (unpaired) electrons. The molecule has 1 N–H and O–H groups in total. The van der Waals surface area contributed by atoms with Gasteiger partial charge in [0.25, 0.3) is 0 Å². The summed E-state index contributed by atoms with van der Waals surface area (Å²) >= 11 is 0. The zero-order valence-corrected chi connectivity index (χ0v) is 12.1. The molecule has 1 aromatic carbocycles. The normalized spacial score (nSPS) is 19.6. The minimum absolute atomic E-state index is 0.296. The summed E-state index contributed by atoms with van der Waals surface area (Å²) in [5.41, 5.74) is 0.552. The number of nitrogens with one attached hydrogen (secondary N) is 1. The van der Waals surface area contributed by atoms with Crippen LogP contribution in [0.15, 0.2) is 24.3 Å². The fraction of sp³-hybridized carbons (Fsp3) is 0.533. The van der Waals surface area contributed by atoms with Crippen molar-refractivity contribution in [3.63, 3.8) is 0 Å². The molecule has 1 unspecified atom stereocenters. The number of piperazine rings is 1. The second kappa shape index (κ2) is 7.26. The smallest absolute Gasteiger partial charge is 0.338 e. The molecule has 0 bridgehead atoms. The molecule has 1 fully saturated rings. The molecule has 1 aliphatic heterocycles. The van der Waals surface area contributed by atoms with E-state index in [2.05, 4.69) is 17.3 Å². The molecule has 0 saturated carbocycles. The molecule has 1 aliphatic rings. The van der Waals surface area contributed by atoms with Gasteiger partial charge in [0.15, 0.2) is 0 Å². The Labute approximate surface area is 119 Å². The molecule has 1 saturated heterocycles. The van der Waals surface area contributed by atoms with Crippen LogP contribution in [0.1, 0.15) is 17.3 Å². The number of carbonyl (C=O) groups excluding carboxylic acids is 1. The van der Waals surface area contributed by atoms with Gasteiger partial charge < -0.3 is 14.8 Å². The van der Waals surface area contributed by atoms with Crippen LogP contribution in [0.3, 0.4) is 0 Å². The van der Waals surface area contributed by atoms with E-state index in [0.29, 0.717) is 24.8 Å². The van der Waals surface area contributed by atoms with Crippen LogP contribution in [0.25, 0.3) is 0 Å². The number of carbonyl (C=O) groups is 1. The van der Waals surface area contributed by atoms with Crippen LogP contribution >= 0.6 is 0 Å². The first-order valence-corrected chi connectivity index (χ1v) is 7.01. The zero-order chi connectivity index (χ0) is 14.4. The Balaban J connectivity index is 1.85. The fourth-order valence-corrected chi connectivity index (χ4v) is 2.14. The molecular formula is C15H22N2O3. The maximum atomic E-state index is 11.5. The molecule has 110 valence electrons. The lowest BCUT2D eigenvalue weighted by atomic mass is 10.2. The van der Waals surface area contributed by atoms with Crippen LogP contribution in [0.2, 0.25) is 0 Å². The first-order valence-electron chi connectivity index (χ1n) is 7.01. The molecule has 2 rings (SSSR count). The van der Waals surface area contributed by atoms with E-state index >= 15 is 0 Å². The van der Waals surface area contributed by atoms with Gasteiger partial charge >= 0.3 is 5.97 Å². The van der Waals surface area contributed by atoms with E-state index in [4.69, 9.17) is 9.47 Å². The predicted molar refractivity (Wildman–Crippen MR) is 77.2 cm³/mol. The summed E-state index contributed by atoms with van der Waals surface area (Å²) < 4.78 is 10.7. The second-order valence-corrected chi connectivity index (χ2v) is 4.89. The average molecular weight is 278 g/mol. The first kappa shape index (κ1) is 14.8. The van der Waals surface area contributed by atoms with Crippen LogP contribution in [-0.4, -0.2) is 56.8 Å². The molecule has 0 aromatic heterocycles. The molecule has 0 aliphatic carbocycles. The van der Waals surface area contributed by atoms with Gasteiger partial charge in [-0.15, -0.1) is 0 Å². The third-order valence-corrected chi connectivity index (χ3v) is 3.45. The lowest BCUT2D eigenvalue weighted by Gasteiger charge is -2.32. The Bertz CT molecular complexity index is 433. The summed E-state index contributed by atoms with van der Waals surface area (Å²) in [7, 11) is 2.11. The van der Waals surface area contributed by atoms with Crippen LogP contribution in [0, 0.1) is 0 Å². The van der Waals surface area contributed by atoms with Gasteiger partial charge in [-0.25, -0.2) is 4.79 Å². The van der Waals surface area contributed by atoms with E-state index in [9.17, 15) is 4.79 Å². The molecule has 5 heteroatoms. The highest BCUT2D eigenvalue weighted by molar-refractivity contribution is 5.89. The molecule has 0 amide bonds. The van der Waals surface area contributed by atoms with E-state index in [1.54, 1.807) is 19.1 Å². The Morgan fingerprint density at radius 3 is 2.80 bits per heavy atom. The monoisotopic (exact) mass is 278 g/mol. The van der Waals surface area contributed by atoms with Crippen LogP contribution in [0.4, 0.5) is 0 Å². The molecular weight excluding hydrogens is 256 g/mol. The van der Waals surface area contributed by atoms with Gasteiger partial charge in [-0.05, 0) is 38.2 Å². The molecule has 5 nitrogen and oxygen atoms in total. The number of hydrogen-bond donors (Lipinski definition) is 1. The van der Waals surface area contributed by atoms with Crippen LogP contribution in [-0.2, 0) is 4.74 Å². The van der Waals surface area contributed by atoms with Crippen molar-refractivity contribution < 1.29 is 14.3 Å². The lowest BCUT2D eigenvalue weighted by molar-refractivity contribution is 0.0526. The SMILES string of the molecule is CCOC(=O)c1ccc(OCC2CNCCN2C)cc1. The van der Waals surface area contributed by atoms with E-state index in [1.807, 2.05) is 12.1 Å². The van der Waals surface area contributed by atoms with Gasteiger partial charge in [-0.3, -0.25) is 4.90 Å². The topological polar surface area (TPSA) is 50.8 Å². The van der Waals surface area contributed by atoms with Crippen molar-refractivity contribution in [3.05, 3.63) is 29.8 Å². The third-order valence-electron chi connectivity index (χ3n) is 3.45. The van der Waals surface area contributed by atoms with E-state index in [1.165, 1.54) is 0 Å². The Kier molecular flexibility index (Phi) is 5.38. The number of ether oxygens (including phenoxy) is 2. The predicted octanol–water partition coefficient (Wildman–Crippen LogP) is 1.15. The molecule has 1 atom stereocenters. The third kappa shape index (κ3) is 3.95. The standard InChI is InChI=1S/C15H22N2O3/c1-3-19-15(18)12-4-6-14(7-5-12)20-11-13-10-16-8-9-17(13)2/h4-7,13,16H,3,8-11H2,1-2H3. The quantitative estimate of drug-likeness (QED) is 0.819. The molecule has 1 heterocycles. The van der Waals surface area contributed by atoms with E-state index < -0.39 is 0 Å². The van der Waals surface area contributed by atoms with Crippen LogP contribution in [0.5, 0.6) is 5.75 Å². The second-order valence-electron chi connectivity index (χ2n) is 4.89. The van der Waals surface area contributed by atoms with Gasteiger partial charge in [-0.1, -0.05) is 0 Å². The Morgan fingerprint density at radius 2 is 2.15 bits per heavy atom. The number of esters is 1. The maximum absolute atomic E-state index is 11.5. The zero-order valence-electron chi connectivity index (χ0n) is 12.1. The lowest BCUT2D eigenvalue weighted by Crippen LogP contribution is -2.51. The van der Waals surface area contributed by atoms with Crippen molar-refractivity contribution in [1.82, 2.24) is 10.2 Å².